The zero-order valence-corrected chi connectivity index (χ0v) is 15.8. The van der Waals surface area contributed by atoms with Crippen LogP contribution >= 0.6 is 15.9 Å². The molecule has 0 atom stereocenters. The first kappa shape index (κ1) is 18.3. The topological polar surface area (TPSA) is 50.4 Å². The molecule has 0 saturated heterocycles. The van der Waals surface area contributed by atoms with Gasteiger partial charge in [-0.25, -0.2) is 4.79 Å². The molecule has 5 heteroatoms. The van der Waals surface area contributed by atoms with Gasteiger partial charge in [-0.1, -0.05) is 28.1 Å². The number of rotatable bonds is 6. The first-order chi connectivity index (χ1) is 10.8. The van der Waals surface area contributed by atoms with Gasteiger partial charge in [0, 0.05) is 17.1 Å². The summed E-state index contributed by atoms with van der Waals surface area (Å²) in [6, 6.07) is 9.23. The molecule has 1 amide bonds. The molecule has 23 heavy (non-hydrogen) atoms. The number of ether oxygens (including phenoxy) is 1. The monoisotopic (exact) mass is 382 g/mol. The molecular weight excluding hydrogens is 356 g/mol. The third-order valence-electron chi connectivity index (χ3n) is 3.93. The Bertz CT molecular complexity index is 505. The highest BCUT2D eigenvalue weighted by molar-refractivity contribution is 9.10. The van der Waals surface area contributed by atoms with Gasteiger partial charge in [0.25, 0.3) is 0 Å². The van der Waals surface area contributed by atoms with Gasteiger partial charge in [-0.15, -0.1) is 0 Å². The van der Waals surface area contributed by atoms with Gasteiger partial charge in [0.1, 0.15) is 5.60 Å². The maximum absolute atomic E-state index is 11.5. The number of hydrogen-bond acceptors (Lipinski definition) is 3. The zero-order chi connectivity index (χ0) is 16.9. The molecule has 0 spiro atoms. The Morgan fingerprint density at radius 2 is 1.87 bits per heavy atom. The van der Waals surface area contributed by atoms with Gasteiger partial charge >= 0.3 is 6.09 Å². The fourth-order valence-electron chi connectivity index (χ4n) is 2.69. The first-order valence-electron chi connectivity index (χ1n) is 8.29. The number of benzene rings is 1. The van der Waals surface area contributed by atoms with Crippen LogP contribution in [0.5, 0.6) is 0 Å². The molecule has 2 N–H and O–H groups in total. The molecule has 1 aromatic carbocycles. The Morgan fingerprint density at radius 3 is 2.48 bits per heavy atom. The number of amides is 1. The molecule has 0 aliphatic heterocycles. The Labute approximate surface area is 147 Å². The molecule has 0 heterocycles. The van der Waals surface area contributed by atoms with Crippen molar-refractivity contribution in [2.75, 3.05) is 13.1 Å². The van der Waals surface area contributed by atoms with E-state index in [-0.39, 0.29) is 6.09 Å². The second kappa shape index (κ2) is 8.15. The van der Waals surface area contributed by atoms with Crippen LogP contribution in [0.2, 0.25) is 0 Å². The van der Waals surface area contributed by atoms with Crippen molar-refractivity contribution in [1.82, 2.24) is 10.6 Å². The summed E-state index contributed by atoms with van der Waals surface area (Å²) < 4.78 is 6.33. The van der Waals surface area contributed by atoms with E-state index in [1.807, 2.05) is 20.8 Å². The van der Waals surface area contributed by atoms with Crippen LogP contribution in [0.4, 0.5) is 4.79 Å². The molecule has 128 valence electrons. The first-order valence-corrected chi connectivity index (χ1v) is 9.08. The van der Waals surface area contributed by atoms with E-state index in [0.29, 0.717) is 18.5 Å². The lowest BCUT2D eigenvalue weighted by Gasteiger charge is -2.36. The van der Waals surface area contributed by atoms with E-state index in [2.05, 4.69) is 50.8 Å². The van der Waals surface area contributed by atoms with Crippen LogP contribution in [-0.2, 0) is 4.74 Å². The maximum atomic E-state index is 11.5. The van der Waals surface area contributed by atoms with Crippen molar-refractivity contribution in [1.29, 1.82) is 0 Å². The van der Waals surface area contributed by atoms with Gasteiger partial charge in [-0.3, -0.25) is 0 Å². The van der Waals surface area contributed by atoms with Crippen LogP contribution in [0.3, 0.4) is 0 Å². The van der Waals surface area contributed by atoms with E-state index in [1.54, 1.807) is 0 Å². The van der Waals surface area contributed by atoms with Gasteiger partial charge < -0.3 is 15.4 Å². The molecule has 0 bridgehead atoms. The molecular formula is C18H27BrN2O2. The number of halogens is 1. The molecule has 0 radical (unpaired) electrons. The predicted octanol–water partition coefficient (Wildman–Crippen LogP) is 4.20. The van der Waals surface area contributed by atoms with E-state index in [0.717, 1.165) is 17.4 Å². The molecule has 1 fully saturated rings. The van der Waals surface area contributed by atoms with Crippen LogP contribution in [-0.4, -0.2) is 30.8 Å². The number of alkyl carbamates (subject to hydrolysis) is 1. The normalized spacial score (nSPS) is 20.7. The zero-order valence-electron chi connectivity index (χ0n) is 14.2. The summed E-state index contributed by atoms with van der Waals surface area (Å²) in [5.74, 6) is 0.681. The largest absolute Gasteiger partial charge is 0.444 e. The Morgan fingerprint density at radius 1 is 1.22 bits per heavy atom. The molecule has 0 aromatic heterocycles. The lowest BCUT2D eigenvalue weighted by molar-refractivity contribution is 0.0527. The fourth-order valence-corrected chi connectivity index (χ4v) is 2.96. The summed E-state index contributed by atoms with van der Waals surface area (Å²) in [7, 11) is 0. The molecule has 4 nitrogen and oxygen atoms in total. The predicted molar refractivity (Wildman–Crippen MR) is 96.8 cm³/mol. The molecule has 1 aromatic rings. The fraction of sp³-hybridized carbons (Fsp3) is 0.611. The van der Waals surface area contributed by atoms with E-state index >= 15 is 0 Å². The summed E-state index contributed by atoms with van der Waals surface area (Å²) >= 11 is 3.47. The summed E-state index contributed by atoms with van der Waals surface area (Å²) in [6.45, 7) is 7.17. The van der Waals surface area contributed by atoms with Gasteiger partial charge in [-0.05, 0) is 70.2 Å². The minimum absolute atomic E-state index is 0.337. The van der Waals surface area contributed by atoms with Crippen LogP contribution in [0.25, 0.3) is 0 Å². The highest BCUT2D eigenvalue weighted by Gasteiger charge is 2.29. The lowest BCUT2D eigenvalue weighted by atomic mass is 9.76. The summed E-state index contributed by atoms with van der Waals surface area (Å²) in [6.07, 6.45) is 2.97. The number of carbonyl (C=O) groups excluding carboxylic acids is 1. The molecule has 1 saturated carbocycles. The minimum atomic E-state index is -0.434. The van der Waals surface area contributed by atoms with Crippen molar-refractivity contribution in [2.45, 2.75) is 57.6 Å². The van der Waals surface area contributed by atoms with Crippen molar-refractivity contribution in [3.63, 3.8) is 0 Å². The average Bonchev–Trinajstić information content (AvgIpc) is 2.40. The van der Waals surface area contributed by atoms with Crippen molar-refractivity contribution in [3.05, 3.63) is 34.3 Å². The molecule has 2 rings (SSSR count). The van der Waals surface area contributed by atoms with E-state index < -0.39 is 5.60 Å². The van der Waals surface area contributed by atoms with Crippen LogP contribution < -0.4 is 10.6 Å². The van der Waals surface area contributed by atoms with Gasteiger partial charge in [0.2, 0.25) is 0 Å². The van der Waals surface area contributed by atoms with Gasteiger partial charge in [-0.2, -0.15) is 0 Å². The van der Waals surface area contributed by atoms with Gasteiger partial charge in [0.05, 0.1) is 0 Å². The van der Waals surface area contributed by atoms with E-state index in [4.69, 9.17) is 4.74 Å². The summed E-state index contributed by atoms with van der Waals surface area (Å²) in [5.41, 5.74) is 0.994. The number of nitrogens with one attached hydrogen (secondary N) is 2. The van der Waals surface area contributed by atoms with Crippen molar-refractivity contribution >= 4 is 22.0 Å². The summed E-state index contributed by atoms with van der Waals surface area (Å²) in [5, 5.41) is 6.33. The molecule has 0 unspecified atom stereocenters. The third-order valence-corrected chi connectivity index (χ3v) is 4.46. The Balaban J connectivity index is 1.52. The Kier molecular flexibility index (Phi) is 6.48. The molecule has 1 aliphatic rings. The van der Waals surface area contributed by atoms with Crippen molar-refractivity contribution in [2.24, 2.45) is 0 Å². The standard InChI is InChI=1S/C18H27BrN2O2/c1-18(2,3)23-17(22)21-10-4-9-20-16-11-14(12-16)13-5-7-15(19)8-6-13/h5-8,14,16,20H,4,9-12H2,1-3H3,(H,21,22). The van der Waals surface area contributed by atoms with E-state index in [9.17, 15) is 4.79 Å². The second-order valence-corrected chi connectivity index (χ2v) is 8.07. The second-order valence-electron chi connectivity index (χ2n) is 7.15. The number of carbonyl (C=O) groups is 1. The van der Waals surface area contributed by atoms with Crippen LogP contribution in [0.15, 0.2) is 28.7 Å². The average molecular weight is 383 g/mol. The smallest absolute Gasteiger partial charge is 0.407 e. The Hall–Kier alpha value is -1.07. The van der Waals surface area contributed by atoms with E-state index in [1.165, 1.54) is 18.4 Å². The highest BCUT2D eigenvalue weighted by Crippen LogP contribution is 2.37. The quantitative estimate of drug-likeness (QED) is 0.724. The van der Waals surface area contributed by atoms with Crippen LogP contribution in [0, 0.1) is 0 Å². The number of hydrogen-bond donors (Lipinski definition) is 2. The molecule has 1 aliphatic carbocycles. The summed E-state index contributed by atoms with van der Waals surface area (Å²) in [4.78, 5) is 11.5. The van der Waals surface area contributed by atoms with Gasteiger partial charge in [0.15, 0.2) is 0 Å². The third kappa shape index (κ3) is 6.51. The maximum Gasteiger partial charge on any atom is 0.407 e. The minimum Gasteiger partial charge on any atom is -0.444 e. The highest BCUT2D eigenvalue weighted by atomic mass is 79.9. The SMILES string of the molecule is CC(C)(C)OC(=O)NCCCNC1CC(c2ccc(Br)cc2)C1. The lowest BCUT2D eigenvalue weighted by Crippen LogP contribution is -2.41. The van der Waals surface area contributed by atoms with Crippen molar-refractivity contribution < 1.29 is 9.53 Å². The van der Waals surface area contributed by atoms with Crippen LogP contribution in [0.1, 0.15) is 51.5 Å². The van der Waals surface area contributed by atoms with Crippen molar-refractivity contribution in [3.8, 4) is 0 Å².